The molecule has 2 heterocycles. The Labute approximate surface area is 130 Å². The number of primary amides is 1. The number of fused-ring (bicyclic) bond motifs is 1. The smallest absolute Gasteiger partial charge is 0.332 e. The van der Waals surface area contributed by atoms with Crippen LogP contribution >= 0.6 is 0 Å². The number of imidazole rings is 1. The van der Waals surface area contributed by atoms with Crippen LogP contribution in [0.15, 0.2) is 40.2 Å². The number of benzene rings is 1. The Morgan fingerprint density at radius 3 is 2.39 bits per heavy atom. The molecule has 0 atom stereocenters. The van der Waals surface area contributed by atoms with Gasteiger partial charge in [-0.15, -0.1) is 0 Å². The molecule has 0 saturated heterocycles. The minimum atomic E-state index is -0.492. The van der Waals surface area contributed by atoms with Crippen molar-refractivity contribution in [2.45, 2.75) is 6.54 Å². The summed E-state index contributed by atoms with van der Waals surface area (Å²) in [7, 11) is 3.01. The van der Waals surface area contributed by atoms with Crippen LogP contribution in [0.1, 0.15) is 15.9 Å². The summed E-state index contributed by atoms with van der Waals surface area (Å²) < 4.78 is 4.07. The number of amides is 1. The number of nitrogens with two attached hydrogens (primary N) is 1. The van der Waals surface area contributed by atoms with Crippen LogP contribution in [0.2, 0.25) is 0 Å². The molecule has 1 amide bonds. The van der Waals surface area contributed by atoms with Gasteiger partial charge in [-0.3, -0.25) is 18.7 Å². The first-order chi connectivity index (χ1) is 10.9. The van der Waals surface area contributed by atoms with Crippen LogP contribution in [-0.2, 0) is 20.6 Å². The van der Waals surface area contributed by atoms with Crippen LogP contribution in [0.25, 0.3) is 11.2 Å². The number of carbonyl (C=O) groups is 1. The lowest BCUT2D eigenvalue weighted by Crippen LogP contribution is -2.37. The molecule has 0 saturated carbocycles. The highest BCUT2D eigenvalue weighted by Gasteiger charge is 2.14. The Bertz CT molecular complexity index is 1020. The highest BCUT2D eigenvalue weighted by molar-refractivity contribution is 5.92. The summed E-state index contributed by atoms with van der Waals surface area (Å²) in [6, 6.07) is 6.78. The van der Waals surface area contributed by atoms with E-state index in [0.29, 0.717) is 23.3 Å². The fourth-order valence-corrected chi connectivity index (χ4v) is 2.49. The molecule has 8 heteroatoms. The molecule has 23 heavy (non-hydrogen) atoms. The van der Waals surface area contributed by atoms with E-state index in [9.17, 15) is 14.4 Å². The van der Waals surface area contributed by atoms with Gasteiger partial charge in [-0.25, -0.2) is 9.78 Å². The minimum Gasteiger partial charge on any atom is -0.366 e. The van der Waals surface area contributed by atoms with Gasteiger partial charge in [-0.05, 0) is 17.7 Å². The molecule has 118 valence electrons. The summed E-state index contributed by atoms with van der Waals surface area (Å²) in [6.45, 7) is 0.392. The number of hydrogen-bond acceptors (Lipinski definition) is 4. The van der Waals surface area contributed by atoms with Crippen molar-refractivity contribution in [3.63, 3.8) is 0 Å². The number of hydrogen-bond donors (Lipinski definition) is 1. The Morgan fingerprint density at radius 1 is 1.13 bits per heavy atom. The summed E-state index contributed by atoms with van der Waals surface area (Å²) in [5.74, 6) is -0.492. The molecule has 0 radical (unpaired) electrons. The quantitative estimate of drug-likeness (QED) is 0.709. The molecule has 3 rings (SSSR count). The van der Waals surface area contributed by atoms with Gasteiger partial charge in [0, 0.05) is 26.2 Å². The third-order valence-electron chi connectivity index (χ3n) is 3.81. The van der Waals surface area contributed by atoms with Crippen molar-refractivity contribution in [2.24, 2.45) is 19.8 Å². The molecular formula is C15H15N5O3. The van der Waals surface area contributed by atoms with E-state index in [2.05, 4.69) is 4.98 Å². The number of aromatic nitrogens is 4. The van der Waals surface area contributed by atoms with Gasteiger partial charge in [0.1, 0.15) is 0 Å². The molecule has 0 unspecified atom stereocenters. The molecule has 0 aliphatic rings. The maximum absolute atomic E-state index is 12.3. The second kappa shape index (κ2) is 5.24. The Kier molecular flexibility index (Phi) is 3.36. The number of aryl methyl sites for hydroxylation is 1. The fourth-order valence-electron chi connectivity index (χ4n) is 2.49. The van der Waals surface area contributed by atoms with E-state index in [1.54, 1.807) is 35.9 Å². The molecular weight excluding hydrogens is 298 g/mol. The highest BCUT2D eigenvalue weighted by Crippen LogP contribution is 2.10. The van der Waals surface area contributed by atoms with Crippen LogP contribution in [-0.4, -0.2) is 24.6 Å². The first-order valence-electron chi connectivity index (χ1n) is 6.89. The first kappa shape index (κ1) is 14.8. The van der Waals surface area contributed by atoms with Crippen molar-refractivity contribution < 1.29 is 4.79 Å². The summed E-state index contributed by atoms with van der Waals surface area (Å²) >= 11 is 0. The lowest BCUT2D eigenvalue weighted by Gasteiger charge is -2.07. The lowest BCUT2D eigenvalue weighted by molar-refractivity contribution is 0.100. The number of rotatable bonds is 3. The van der Waals surface area contributed by atoms with Gasteiger partial charge in [0.15, 0.2) is 11.2 Å². The summed E-state index contributed by atoms with van der Waals surface area (Å²) in [5.41, 5.74) is 6.39. The van der Waals surface area contributed by atoms with Gasteiger partial charge >= 0.3 is 5.69 Å². The Balaban J connectivity index is 2.09. The highest BCUT2D eigenvalue weighted by atomic mass is 16.2. The number of carbonyl (C=O) groups excluding carboxylic acids is 1. The first-order valence-corrected chi connectivity index (χ1v) is 6.89. The van der Waals surface area contributed by atoms with Crippen molar-refractivity contribution >= 4 is 17.1 Å². The summed E-state index contributed by atoms with van der Waals surface area (Å²) in [4.78, 5) is 39.5. The van der Waals surface area contributed by atoms with E-state index in [1.165, 1.54) is 17.9 Å². The van der Waals surface area contributed by atoms with Crippen LogP contribution in [0.3, 0.4) is 0 Å². The third-order valence-corrected chi connectivity index (χ3v) is 3.81. The van der Waals surface area contributed by atoms with E-state index in [4.69, 9.17) is 5.73 Å². The van der Waals surface area contributed by atoms with Crippen LogP contribution in [0, 0.1) is 0 Å². The van der Waals surface area contributed by atoms with Gasteiger partial charge in [-0.2, -0.15) is 0 Å². The molecule has 3 aromatic rings. The maximum atomic E-state index is 12.3. The zero-order chi connectivity index (χ0) is 16.7. The lowest BCUT2D eigenvalue weighted by atomic mass is 10.1. The average molecular weight is 313 g/mol. The predicted octanol–water partition coefficient (Wildman–Crippen LogP) is -0.419. The SMILES string of the molecule is Cn1c(=O)c2c(ncn2Cc2ccc(C(N)=O)cc2)n(C)c1=O. The monoisotopic (exact) mass is 313 g/mol. The van der Waals surface area contributed by atoms with Crippen LogP contribution < -0.4 is 17.0 Å². The normalized spacial score (nSPS) is 11.0. The van der Waals surface area contributed by atoms with E-state index >= 15 is 0 Å². The van der Waals surface area contributed by atoms with Gasteiger partial charge < -0.3 is 10.3 Å². The van der Waals surface area contributed by atoms with Crippen molar-refractivity contribution in [2.75, 3.05) is 0 Å². The van der Waals surface area contributed by atoms with Crippen molar-refractivity contribution in [3.05, 3.63) is 62.6 Å². The second-order valence-corrected chi connectivity index (χ2v) is 5.31. The zero-order valence-electron chi connectivity index (χ0n) is 12.7. The number of nitrogens with zero attached hydrogens (tertiary/aromatic N) is 4. The largest absolute Gasteiger partial charge is 0.366 e. The van der Waals surface area contributed by atoms with Crippen LogP contribution in [0.4, 0.5) is 0 Å². The third kappa shape index (κ3) is 2.33. The van der Waals surface area contributed by atoms with Gasteiger partial charge in [0.25, 0.3) is 5.56 Å². The van der Waals surface area contributed by atoms with E-state index < -0.39 is 17.2 Å². The summed E-state index contributed by atoms with van der Waals surface area (Å²) in [5, 5.41) is 0. The molecule has 0 bridgehead atoms. The van der Waals surface area contributed by atoms with Gasteiger partial charge in [-0.1, -0.05) is 12.1 Å². The molecule has 0 fully saturated rings. The summed E-state index contributed by atoms with van der Waals surface area (Å²) in [6.07, 6.45) is 1.52. The minimum absolute atomic E-state index is 0.340. The van der Waals surface area contributed by atoms with Gasteiger partial charge in [0.05, 0.1) is 6.33 Å². The van der Waals surface area contributed by atoms with Crippen molar-refractivity contribution in [1.82, 2.24) is 18.7 Å². The fraction of sp³-hybridized carbons (Fsp3) is 0.200. The molecule has 0 aliphatic heterocycles. The zero-order valence-corrected chi connectivity index (χ0v) is 12.7. The topological polar surface area (TPSA) is 105 Å². The molecule has 2 N–H and O–H groups in total. The standard InChI is InChI=1S/C15H15N5O3/c1-18-13-11(14(22)19(2)15(18)23)20(8-17-13)7-9-3-5-10(6-4-9)12(16)21/h3-6,8H,7H2,1-2H3,(H2,16,21). The van der Waals surface area contributed by atoms with Crippen molar-refractivity contribution in [3.8, 4) is 0 Å². The Hall–Kier alpha value is -3.16. The van der Waals surface area contributed by atoms with Crippen molar-refractivity contribution in [1.29, 1.82) is 0 Å². The maximum Gasteiger partial charge on any atom is 0.332 e. The average Bonchev–Trinajstić information content (AvgIpc) is 2.95. The molecule has 0 aliphatic carbocycles. The van der Waals surface area contributed by atoms with E-state index in [0.717, 1.165) is 10.1 Å². The molecule has 8 nitrogen and oxygen atoms in total. The Morgan fingerprint density at radius 2 is 1.78 bits per heavy atom. The van der Waals surface area contributed by atoms with E-state index in [1.807, 2.05) is 0 Å². The second-order valence-electron chi connectivity index (χ2n) is 5.31. The van der Waals surface area contributed by atoms with E-state index in [-0.39, 0.29) is 0 Å². The van der Waals surface area contributed by atoms with Gasteiger partial charge in [0.2, 0.25) is 5.91 Å². The molecule has 0 spiro atoms. The predicted molar refractivity (Wildman–Crippen MR) is 84.3 cm³/mol. The van der Waals surface area contributed by atoms with Crippen LogP contribution in [0.5, 0.6) is 0 Å². The molecule has 1 aromatic carbocycles. The molecule has 2 aromatic heterocycles.